The maximum Gasteiger partial charge on any atom is 0.0586 e. The van der Waals surface area contributed by atoms with Crippen LogP contribution >= 0.6 is 15.9 Å². The van der Waals surface area contributed by atoms with Crippen LogP contribution in [0.1, 0.15) is 45.4 Å². The highest BCUT2D eigenvalue weighted by Crippen LogP contribution is 2.21. The maximum absolute atomic E-state index is 5.45. The lowest BCUT2D eigenvalue weighted by atomic mass is 9.92. The molecule has 0 radical (unpaired) electrons. The fraction of sp³-hybridized carbons (Fsp3) is 1.00. The van der Waals surface area contributed by atoms with Crippen molar-refractivity contribution in [2.75, 3.05) is 12.4 Å². The summed E-state index contributed by atoms with van der Waals surface area (Å²) in [6.07, 6.45) is 7.99. The molecule has 0 aromatic rings. The van der Waals surface area contributed by atoms with Crippen molar-refractivity contribution in [2.45, 2.75) is 63.6 Å². The summed E-state index contributed by atoms with van der Waals surface area (Å²) in [6.45, 7) is 2.26. The fourth-order valence-corrected chi connectivity index (χ4v) is 2.93. The van der Waals surface area contributed by atoms with Crippen molar-refractivity contribution in [3.8, 4) is 0 Å². The van der Waals surface area contributed by atoms with E-state index < -0.39 is 0 Å². The van der Waals surface area contributed by atoms with Crippen LogP contribution in [0.25, 0.3) is 0 Å². The number of halogens is 1. The molecule has 0 amide bonds. The lowest BCUT2D eigenvalue weighted by Gasteiger charge is -2.31. The van der Waals surface area contributed by atoms with Gasteiger partial charge in [0.05, 0.1) is 6.10 Å². The van der Waals surface area contributed by atoms with Crippen LogP contribution in [0.3, 0.4) is 0 Å². The molecule has 1 rings (SSSR count). The summed E-state index contributed by atoms with van der Waals surface area (Å²) in [7, 11) is 1.84. The van der Waals surface area contributed by atoms with Crippen molar-refractivity contribution >= 4 is 15.9 Å². The Labute approximate surface area is 102 Å². The molecule has 0 spiro atoms. The van der Waals surface area contributed by atoms with Crippen molar-refractivity contribution in [2.24, 2.45) is 0 Å². The second kappa shape index (κ2) is 7.64. The number of hydrogen-bond acceptors (Lipinski definition) is 2. The normalized spacial score (nSPS) is 29.0. The SMILES string of the molecule is CCC(CCBr)NC1CCCC(OC)C1. The first-order valence-corrected chi connectivity index (χ1v) is 7.27. The zero-order valence-corrected chi connectivity index (χ0v) is 11.6. The third-order valence-corrected chi connectivity index (χ3v) is 3.84. The summed E-state index contributed by atoms with van der Waals surface area (Å²) in [5, 5.41) is 4.86. The van der Waals surface area contributed by atoms with Gasteiger partial charge in [-0.25, -0.2) is 0 Å². The Morgan fingerprint density at radius 3 is 2.87 bits per heavy atom. The standard InChI is InChI=1S/C12H24BrNO/c1-3-10(7-8-13)14-11-5-4-6-12(9-11)15-2/h10-12,14H,3-9H2,1-2H3. The first-order valence-electron chi connectivity index (χ1n) is 6.15. The van der Waals surface area contributed by atoms with E-state index in [1.54, 1.807) is 0 Å². The molecule has 0 bridgehead atoms. The summed E-state index contributed by atoms with van der Waals surface area (Å²) in [5.41, 5.74) is 0. The Morgan fingerprint density at radius 1 is 1.47 bits per heavy atom. The van der Waals surface area contributed by atoms with Crippen molar-refractivity contribution < 1.29 is 4.74 Å². The Morgan fingerprint density at radius 2 is 2.27 bits per heavy atom. The first-order chi connectivity index (χ1) is 7.30. The van der Waals surface area contributed by atoms with Gasteiger partial charge >= 0.3 is 0 Å². The molecule has 2 nitrogen and oxygen atoms in total. The summed E-state index contributed by atoms with van der Waals surface area (Å²) in [6, 6.07) is 1.35. The molecule has 0 heterocycles. The van der Waals surface area contributed by atoms with E-state index in [2.05, 4.69) is 28.2 Å². The predicted octanol–water partition coefficient (Wildman–Crippen LogP) is 3.10. The highest BCUT2D eigenvalue weighted by Gasteiger charge is 2.22. The molecule has 1 aliphatic carbocycles. The van der Waals surface area contributed by atoms with Gasteiger partial charge in [-0.05, 0) is 38.5 Å². The number of ether oxygens (including phenoxy) is 1. The molecule has 0 aromatic heterocycles. The molecule has 1 aliphatic rings. The van der Waals surface area contributed by atoms with Gasteiger partial charge in [0.2, 0.25) is 0 Å². The Hall–Kier alpha value is 0.400. The smallest absolute Gasteiger partial charge is 0.0586 e. The van der Waals surface area contributed by atoms with Gasteiger partial charge in [-0.2, -0.15) is 0 Å². The highest BCUT2D eigenvalue weighted by molar-refractivity contribution is 9.09. The van der Waals surface area contributed by atoms with E-state index in [1.807, 2.05) is 7.11 Å². The van der Waals surface area contributed by atoms with Crippen molar-refractivity contribution in [1.29, 1.82) is 0 Å². The first kappa shape index (κ1) is 13.5. The van der Waals surface area contributed by atoms with Crippen LogP contribution in [0.15, 0.2) is 0 Å². The summed E-state index contributed by atoms with van der Waals surface area (Å²) < 4.78 is 5.45. The van der Waals surface area contributed by atoms with Crippen molar-refractivity contribution in [3.05, 3.63) is 0 Å². The molecule has 1 N–H and O–H groups in total. The van der Waals surface area contributed by atoms with Gasteiger partial charge in [0.1, 0.15) is 0 Å². The van der Waals surface area contributed by atoms with Gasteiger partial charge in [-0.15, -0.1) is 0 Å². The van der Waals surface area contributed by atoms with Crippen LogP contribution in [-0.4, -0.2) is 30.6 Å². The van der Waals surface area contributed by atoms with Crippen molar-refractivity contribution in [1.82, 2.24) is 5.32 Å². The third kappa shape index (κ3) is 4.83. The summed E-state index contributed by atoms with van der Waals surface area (Å²) in [5.74, 6) is 0. The van der Waals surface area contributed by atoms with Crippen LogP contribution in [0, 0.1) is 0 Å². The minimum absolute atomic E-state index is 0.484. The number of rotatable bonds is 6. The zero-order valence-electron chi connectivity index (χ0n) is 9.97. The topological polar surface area (TPSA) is 21.3 Å². The molecule has 3 atom stereocenters. The Balaban J connectivity index is 2.29. The molecular weight excluding hydrogens is 254 g/mol. The molecule has 1 saturated carbocycles. The molecule has 3 heteroatoms. The van der Waals surface area contributed by atoms with Crippen LogP contribution in [0.4, 0.5) is 0 Å². The van der Waals surface area contributed by atoms with Gasteiger partial charge in [0, 0.05) is 24.5 Å². The van der Waals surface area contributed by atoms with E-state index in [0.717, 1.165) is 5.33 Å². The van der Waals surface area contributed by atoms with Crippen molar-refractivity contribution in [3.63, 3.8) is 0 Å². The summed E-state index contributed by atoms with van der Waals surface area (Å²) in [4.78, 5) is 0. The third-order valence-electron chi connectivity index (χ3n) is 3.38. The van der Waals surface area contributed by atoms with E-state index >= 15 is 0 Å². The monoisotopic (exact) mass is 277 g/mol. The van der Waals surface area contributed by atoms with E-state index in [9.17, 15) is 0 Å². The van der Waals surface area contributed by atoms with Gasteiger partial charge < -0.3 is 10.1 Å². The van der Waals surface area contributed by atoms with Crippen LogP contribution in [0.2, 0.25) is 0 Å². The number of alkyl halides is 1. The lowest BCUT2D eigenvalue weighted by molar-refractivity contribution is 0.0567. The molecule has 1 fully saturated rings. The minimum atomic E-state index is 0.484. The average Bonchev–Trinajstić information content (AvgIpc) is 2.29. The second-order valence-corrected chi connectivity index (χ2v) is 5.26. The van der Waals surface area contributed by atoms with Gasteiger partial charge in [-0.1, -0.05) is 22.9 Å². The Bertz CT molecular complexity index is 166. The minimum Gasteiger partial charge on any atom is -0.381 e. The predicted molar refractivity (Wildman–Crippen MR) is 68.7 cm³/mol. The zero-order chi connectivity index (χ0) is 11.1. The van der Waals surface area contributed by atoms with E-state index in [0.29, 0.717) is 18.2 Å². The molecule has 15 heavy (non-hydrogen) atoms. The number of methoxy groups -OCH3 is 1. The average molecular weight is 278 g/mol. The Kier molecular flexibility index (Phi) is 6.86. The molecule has 3 unspecified atom stereocenters. The van der Waals surface area contributed by atoms with E-state index in [-0.39, 0.29) is 0 Å². The quantitative estimate of drug-likeness (QED) is 0.754. The maximum atomic E-state index is 5.45. The molecule has 0 saturated heterocycles. The van der Waals surface area contributed by atoms with E-state index in [1.165, 1.54) is 38.5 Å². The molecule has 0 aliphatic heterocycles. The largest absolute Gasteiger partial charge is 0.381 e. The molecule has 0 aromatic carbocycles. The second-order valence-electron chi connectivity index (χ2n) is 4.47. The number of hydrogen-bond donors (Lipinski definition) is 1. The van der Waals surface area contributed by atoms with Crippen LogP contribution in [-0.2, 0) is 4.74 Å². The molecular formula is C12H24BrNO. The van der Waals surface area contributed by atoms with E-state index in [4.69, 9.17) is 4.74 Å². The molecule has 90 valence electrons. The fourth-order valence-electron chi connectivity index (χ4n) is 2.38. The van der Waals surface area contributed by atoms with Gasteiger partial charge in [0.15, 0.2) is 0 Å². The van der Waals surface area contributed by atoms with Gasteiger partial charge in [-0.3, -0.25) is 0 Å². The van der Waals surface area contributed by atoms with Crippen LogP contribution < -0.4 is 5.32 Å². The van der Waals surface area contributed by atoms with Crippen LogP contribution in [0.5, 0.6) is 0 Å². The lowest BCUT2D eigenvalue weighted by Crippen LogP contribution is -2.42. The number of nitrogens with one attached hydrogen (secondary N) is 1. The van der Waals surface area contributed by atoms with Gasteiger partial charge in [0.25, 0.3) is 0 Å². The summed E-state index contributed by atoms with van der Waals surface area (Å²) >= 11 is 3.52. The highest BCUT2D eigenvalue weighted by atomic mass is 79.9.